The molecular weight excluding hydrogens is 309 g/mol. The number of ether oxygens (including phenoxy) is 1. The van der Waals surface area contributed by atoms with Crippen molar-refractivity contribution in [2.75, 3.05) is 6.61 Å². The largest absolute Gasteiger partial charge is 0.457 e. The fourth-order valence-corrected chi connectivity index (χ4v) is 1.60. The lowest BCUT2D eigenvalue weighted by Gasteiger charge is -2.04. The lowest BCUT2D eigenvalue weighted by Crippen LogP contribution is -2.16. The number of hydrazone groups is 1. The lowest BCUT2D eigenvalue weighted by atomic mass is 10.2. The molecule has 0 aliphatic heterocycles. The van der Waals surface area contributed by atoms with E-state index in [1.54, 1.807) is 19.1 Å². The molecule has 22 heavy (non-hydrogen) atoms. The number of nitrogens with two attached hydrogens (primary N) is 1. The molecule has 0 aliphatic rings. The Morgan fingerprint density at radius 3 is 2.82 bits per heavy atom. The summed E-state index contributed by atoms with van der Waals surface area (Å²) in [5, 5.41) is 3.96. The van der Waals surface area contributed by atoms with Gasteiger partial charge >= 0.3 is 6.01 Å². The van der Waals surface area contributed by atoms with Crippen LogP contribution in [-0.2, 0) is 0 Å². The van der Waals surface area contributed by atoms with Gasteiger partial charge in [0.05, 0.1) is 29.3 Å². The van der Waals surface area contributed by atoms with Crippen LogP contribution in [0.5, 0.6) is 6.01 Å². The predicted octanol–water partition coefficient (Wildman–Crippen LogP) is 2.67. The zero-order valence-corrected chi connectivity index (χ0v) is 12.5. The van der Waals surface area contributed by atoms with Gasteiger partial charge in [-0.25, -0.2) is 14.4 Å². The third-order valence-electron chi connectivity index (χ3n) is 2.70. The zero-order chi connectivity index (χ0) is 15.9. The molecule has 0 unspecified atom stereocenters. The van der Waals surface area contributed by atoms with Gasteiger partial charge in [0, 0.05) is 5.56 Å². The molecule has 0 saturated heterocycles. The average Bonchev–Trinajstić information content (AvgIpc) is 2.53. The van der Waals surface area contributed by atoms with E-state index in [-0.39, 0.29) is 18.4 Å². The number of hydrogen-bond donors (Lipinski definition) is 1. The average molecular weight is 322 g/mol. The Balaban J connectivity index is 2.02. The standard InChI is InChI=1S/C14H13ClFN5O/c1-9-12(16)3-2-4-13(9)18-7-11(21-17)8-22-14-19-5-10(15)6-20-14/h2-7H,8,17H2,1H3. The van der Waals surface area contributed by atoms with Crippen LogP contribution in [0.25, 0.3) is 0 Å². The van der Waals surface area contributed by atoms with Gasteiger partial charge in [0.25, 0.3) is 0 Å². The highest BCUT2D eigenvalue weighted by molar-refractivity contribution is 6.31. The van der Waals surface area contributed by atoms with Crippen molar-refractivity contribution < 1.29 is 9.13 Å². The predicted molar refractivity (Wildman–Crippen MR) is 83.4 cm³/mol. The monoisotopic (exact) mass is 321 g/mol. The van der Waals surface area contributed by atoms with Crippen LogP contribution in [0.4, 0.5) is 10.1 Å². The summed E-state index contributed by atoms with van der Waals surface area (Å²) >= 11 is 5.67. The fraction of sp³-hybridized carbons (Fsp3) is 0.143. The van der Waals surface area contributed by atoms with Gasteiger partial charge in [-0.2, -0.15) is 5.10 Å². The van der Waals surface area contributed by atoms with Gasteiger partial charge in [-0.1, -0.05) is 17.7 Å². The Morgan fingerprint density at radius 1 is 1.41 bits per heavy atom. The second-order valence-electron chi connectivity index (χ2n) is 4.24. The molecular formula is C14H13ClFN5O. The van der Waals surface area contributed by atoms with Gasteiger partial charge in [0.2, 0.25) is 0 Å². The Morgan fingerprint density at radius 2 is 2.14 bits per heavy atom. The molecule has 0 spiro atoms. The van der Waals surface area contributed by atoms with E-state index in [0.29, 0.717) is 22.0 Å². The first-order valence-electron chi connectivity index (χ1n) is 6.26. The number of aromatic nitrogens is 2. The number of hydrogen-bond acceptors (Lipinski definition) is 6. The number of halogens is 2. The van der Waals surface area contributed by atoms with Crippen LogP contribution in [0.1, 0.15) is 5.56 Å². The third kappa shape index (κ3) is 4.23. The van der Waals surface area contributed by atoms with Crippen molar-refractivity contribution in [1.29, 1.82) is 0 Å². The smallest absolute Gasteiger partial charge is 0.316 e. The zero-order valence-electron chi connectivity index (χ0n) is 11.7. The highest BCUT2D eigenvalue weighted by Gasteiger charge is 2.04. The molecule has 1 aromatic carbocycles. The minimum absolute atomic E-state index is 0.0238. The first-order chi connectivity index (χ1) is 10.6. The molecule has 0 fully saturated rings. The molecule has 0 saturated carbocycles. The van der Waals surface area contributed by atoms with Crippen molar-refractivity contribution in [3.05, 3.63) is 47.0 Å². The van der Waals surface area contributed by atoms with E-state index in [1.807, 2.05) is 0 Å². The summed E-state index contributed by atoms with van der Waals surface area (Å²) in [4.78, 5) is 11.9. The van der Waals surface area contributed by atoms with E-state index in [1.165, 1.54) is 24.7 Å². The quantitative estimate of drug-likeness (QED) is 0.521. The van der Waals surface area contributed by atoms with E-state index in [9.17, 15) is 4.39 Å². The van der Waals surface area contributed by atoms with E-state index < -0.39 is 0 Å². The first kappa shape index (κ1) is 15.8. The van der Waals surface area contributed by atoms with Crippen LogP contribution >= 0.6 is 11.6 Å². The van der Waals surface area contributed by atoms with Gasteiger partial charge in [-0.3, -0.25) is 4.99 Å². The molecule has 6 nitrogen and oxygen atoms in total. The summed E-state index contributed by atoms with van der Waals surface area (Å²) in [6.45, 7) is 1.66. The SMILES string of the molecule is Cc1c(F)cccc1N=CC(COc1ncc(Cl)cn1)=NN. The molecule has 114 valence electrons. The van der Waals surface area contributed by atoms with E-state index in [0.717, 1.165) is 0 Å². The van der Waals surface area contributed by atoms with Gasteiger partial charge in [0.15, 0.2) is 0 Å². The third-order valence-corrected chi connectivity index (χ3v) is 2.90. The van der Waals surface area contributed by atoms with Gasteiger partial charge in [-0.05, 0) is 19.1 Å². The molecule has 0 radical (unpaired) electrons. The van der Waals surface area contributed by atoms with Gasteiger partial charge in [-0.15, -0.1) is 0 Å². The summed E-state index contributed by atoms with van der Waals surface area (Å²) in [5.41, 5.74) is 1.28. The molecule has 0 atom stereocenters. The van der Waals surface area contributed by atoms with E-state index in [2.05, 4.69) is 20.1 Å². The molecule has 0 amide bonds. The number of nitrogens with zero attached hydrogens (tertiary/aromatic N) is 4. The van der Waals surface area contributed by atoms with Crippen LogP contribution in [-0.4, -0.2) is 28.5 Å². The van der Waals surface area contributed by atoms with Crippen molar-refractivity contribution in [2.24, 2.45) is 15.9 Å². The number of benzene rings is 1. The van der Waals surface area contributed by atoms with Crippen molar-refractivity contribution in [2.45, 2.75) is 6.92 Å². The summed E-state index contributed by atoms with van der Waals surface area (Å²) in [6, 6.07) is 4.77. The van der Waals surface area contributed by atoms with Crippen LogP contribution in [0.3, 0.4) is 0 Å². The Kier molecular flexibility index (Phi) is 5.37. The van der Waals surface area contributed by atoms with Crippen LogP contribution in [0, 0.1) is 12.7 Å². The molecule has 2 N–H and O–H groups in total. The molecule has 0 bridgehead atoms. The fourth-order valence-electron chi connectivity index (χ4n) is 1.50. The minimum Gasteiger partial charge on any atom is -0.457 e. The maximum Gasteiger partial charge on any atom is 0.316 e. The van der Waals surface area contributed by atoms with Crippen molar-refractivity contribution >= 4 is 29.2 Å². The second kappa shape index (κ2) is 7.46. The van der Waals surface area contributed by atoms with Crippen molar-refractivity contribution in [3.63, 3.8) is 0 Å². The summed E-state index contributed by atoms with van der Waals surface area (Å²) in [5.74, 6) is 4.95. The Hall–Kier alpha value is -2.54. The van der Waals surface area contributed by atoms with Crippen LogP contribution in [0.15, 0.2) is 40.7 Å². The summed E-state index contributed by atoms with van der Waals surface area (Å²) in [7, 11) is 0. The molecule has 1 heterocycles. The molecule has 0 aliphatic carbocycles. The highest BCUT2D eigenvalue weighted by Crippen LogP contribution is 2.20. The highest BCUT2D eigenvalue weighted by atomic mass is 35.5. The Labute approximate surface area is 131 Å². The van der Waals surface area contributed by atoms with Gasteiger partial charge in [0.1, 0.15) is 18.1 Å². The number of aliphatic imine (C=N–C) groups is 1. The first-order valence-corrected chi connectivity index (χ1v) is 6.64. The molecule has 1 aromatic heterocycles. The molecule has 2 rings (SSSR count). The molecule has 2 aromatic rings. The van der Waals surface area contributed by atoms with Crippen molar-refractivity contribution in [1.82, 2.24) is 9.97 Å². The molecule has 8 heteroatoms. The normalized spacial score (nSPS) is 11.9. The topological polar surface area (TPSA) is 85.8 Å². The van der Waals surface area contributed by atoms with Gasteiger partial charge < -0.3 is 10.6 Å². The summed E-state index contributed by atoms with van der Waals surface area (Å²) < 4.78 is 18.7. The van der Waals surface area contributed by atoms with Crippen molar-refractivity contribution in [3.8, 4) is 6.01 Å². The van der Waals surface area contributed by atoms with Crippen LogP contribution in [0.2, 0.25) is 5.02 Å². The maximum absolute atomic E-state index is 13.4. The summed E-state index contributed by atoms with van der Waals surface area (Å²) in [6.07, 6.45) is 4.22. The Bertz CT molecular complexity index is 703. The maximum atomic E-state index is 13.4. The van der Waals surface area contributed by atoms with Crippen LogP contribution < -0.4 is 10.6 Å². The second-order valence-corrected chi connectivity index (χ2v) is 4.67. The number of rotatable bonds is 5. The van der Waals surface area contributed by atoms with E-state index >= 15 is 0 Å². The van der Waals surface area contributed by atoms with E-state index in [4.69, 9.17) is 22.2 Å². The lowest BCUT2D eigenvalue weighted by molar-refractivity contribution is 0.346. The minimum atomic E-state index is -0.327.